The van der Waals surface area contributed by atoms with Crippen LogP contribution in [-0.4, -0.2) is 64.9 Å². The maximum absolute atomic E-state index is 14.6. The summed E-state index contributed by atoms with van der Waals surface area (Å²) in [5, 5.41) is 6.04. The molecule has 1 saturated heterocycles. The van der Waals surface area contributed by atoms with Crippen LogP contribution in [0.3, 0.4) is 0 Å². The molecule has 10 nitrogen and oxygen atoms in total. The molecule has 1 aromatic heterocycles. The molecule has 0 saturated carbocycles. The number of likely N-dealkylation sites (tertiary alicyclic amines) is 1. The molecule has 2 aromatic carbocycles. The van der Waals surface area contributed by atoms with E-state index in [0.717, 1.165) is 16.7 Å². The van der Waals surface area contributed by atoms with Crippen LogP contribution in [0.5, 0.6) is 0 Å². The molecule has 1 aliphatic heterocycles. The van der Waals surface area contributed by atoms with Gasteiger partial charge in [-0.05, 0) is 73.8 Å². The van der Waals surface area contributed by atoms with Gasteiger partial charge in [0.25, 0.3) is 11.5 Å². The van der Waals surface area contributed by atoms with Crippen molar-refractivity contribution in [3.05, 3.63) is 106 Å². The summed E-state index contributed by atoms with van der Waals surface area (Å²) in [5.41, 5.74) is 1.01. The minimum Gasteiger partial charge on any atom is -0.464 e. The van der Waals surface area contributed by atoms with E-state index in [1.165, 1.54) is 10.6 Å². The number of ether oxygens (including phenoxy) is 1. The summed E-state index contributed by atoms with van der Waals surface area (Å²) >= 11 is 0. The minimum atomic E-state index is -1.11. The lowest BCUT2D eigenvalue weighted by Crippen LogP contribution is -2.54. The summed E-state index contributed by atoms with van der Waals surface area (Å²) in [6.07, 6.45) is 4.01. The number of piperidine rings is 1. The molecule has 5 rings (SSSR count). The van der Waals surface area contributed by atoms with Gasteiger partial charge in [0.05, 0.1) is 17.9 Å². The van der Waals surface area contributed by atoms with E-state index in [1.807, 2.05) is 73.3 Å². The summed E-state index contributed by atoms with van der Waals surface area (Å²) in [6.45, 7) is 6.90. The first-order chi connectivity index (χ1) is 23.1. The van der Waals surface area contributed by atoms with Crippen LogP contribution in [0.15, 0.2) is 77.7 Å². The Morgan fingerprint density at radius 2 is 1.62 bits per heavy atom. The number of esters is 1. The van der Waals surface area contributed by atoms with E-state index in [9.17, 15) is 24.0 Å². The smallest absolute Gasteiger partial charge is 0.328 e. The van der Waals surface area contributed by atoms with Crippen molar-refractivity contribution >= 4 is 23.7 Å². The van der Waals surface area contributed by atoms with Crippen molar-refractivity contribution in [2.75, 3.05) is 19.7 Å². The fourth-order valence-corrected chi connectivity index (χ4v) is 7.19. The van der Waals surface area contributed by atoms with Crippen LogP contribution >= 0.6 is 0 Å². The summed E-state index contributed by atoms with van der Waals surface area (Å²) < 4.78 is 6.71. The van der Waals surface area contributed by atoms with Crippen molar-refractivity contribution in [2.45, 2.75) is 76.3 Å². The van der Waals surface area contributed by atoms with Crippen LogP contribution in [-0.2, 0) is 31.6 Å². The number of benzene rings is 2. The number of pyridine rings is 1. The second-order valence-corrected chi connectivity index (χ2v) is 13.3. The van der Waals surface area contributed by atoms with Gasteiger partial charge in [0, 0.05) is 32.4 Å². The zero-order valence-electron chi connectivity index (χ0n) is 28.2. The van der Waals surface area contributed by atoms with Crippen LogP contribution in [0.1, 0.15) is 85.8 Å². The first kappa shape index (κ1) is 34.6. The molecule has 2 heterocycles. The van der Waals surface area contributed by atoms with Crippen molar-refractivity contribution < 1.29 is 23.9 Å². The molecule has 1 aliphatic carbocycles. The second kappa shape index (κ2) is 15.0. The molecule has 0 spiro atoms. The zero-order chi connectivity index (χ0) is 34.4. The third-order valence-corrected chi connectivity index (χ3v) is 9.65. The monoisotopic (exact) mass is 654 g/mol. The Morgan fingerprint density at radius 1 is 0.938 bits per heavy atom. The van der Waals surface area contributed by atoms with Crippen LogP contribution < -0.4 is 16.2 Å². The predicted molar refractivity (Wildman–Crippen MR) is 182 cm³/mol. The number of fused-ring (bicyclic) bond motifs is 1. The number of carbonyl (C=O) groups is 4. The standard InChI is InChI=1S/C38H46N4O6/c1-5-48-36(46)32(24-25(2)3)40-37(47)38(26-12-7-6-8-13-26)20-17-29(28-14-9-10-16-31(28)38)35(45)42-22-18-27(19-23-42)39-33(43)30-15-11-21-41(4)34(30)44/h6-16,21,25,27,29,32H,5,17-20,22-24H2,1-4H3,(H,39,43)(H,40,47)/t29-,32-,38+/m0/s1. The van der Waals surface area contributed by atoms with Crippen molar-refractivity contribution in [3.8, 4) is 0 Å². The molecule has 1 fully saturated rings. The van der Waals surface area contributed by atoms with E-state index in [1.54, 1.807) is 26.2 Å². The van der Waals surface area contributed by atoms with Crippen LogP contribution in [0.4, 0.5) is 0 Å². The lowest BCUT2D eigenvalue weighted by molar-refractivity contribution is -0.148. The normalized spacial score (nSPS) is 20.0. The van der Waals surface area contributed by atoms with Gasteiger partial charge in [0.1, 0.15) is 11.6 Å². The minimum absolute atomic E-state index is 0.00423. The maximum Gasteiger partial charge on any atom is 0.328 e. The molecule has 3 aromatic rings. The van der Waals surface area contributed by atoms with Gasteiger partial charge < -0.3 is 24.8 Å². The van der Waals surface area contributed by atoms with Gasteiger partial charge in [-0.3, -0.25) is 19.2 Å². The highest BCUT2D eigenvalue weighted by Gasteiger charge is 2.49. The van der Waals surface area contributed by atoms with Crippen LogP contribution in [0, 0.1) is 5.92 Å². The largest absolute Gasteiger partial charge is 0.464 e. The van der Waals surface area contributed by atoms with Gasteiger partial charge >= 0.3 is 5.97 Å². The molecular formula is C38H46N4O6. The van der Waals surface area contributed by atoms with Crippen LogP contribution in [0.2, 0.25) is 0 Å². The van der Waals surface area contributed by atoms with Crippen molar-refractivity contribution in [1.82, 2.24) is 20.1 Å². The van der Waals surface area contributed by atoms with Gasteiger partial charge in [-0.15, -0.1) is 0 Å². The molecule has 0 radical (unpaired) electrons. The van der Waals surface area contributed by atoms with E-state index in [4.69, 9.17) is 4.74 Å². The molecule has 254 valence electrons. The zero-order valence-corrected chi connectivity index (χ0v) is 28.2. The molecule has 48 heavy (non-hydrogen) atoms. The Bertz CT molecular complexity index is 1690. The van der Waals surface area contributed by atoms with Gasteiger partial charge in [0.2, 0.25) is 11.8 Å². The summed E-state index contributed by atoms with van der Waals surface area (Å²) in [6, 6.07) is 19.5. The van der Waals surface area contributed by atoms with Crippen molar-refractivity contribution in [2.24, 2.45) is 13.0 Å². The predicted octanol–water partition coefficient (Wildman–Crippen LogP) is 4.06. The number of aromatic nitrogens is 1. The summed E-state index contributed by atoms with van der Waals surface area (Å²) in [5.74, 6) is -1.44. The Morgan fingerprint density at radius 3 is 2.31 bits per heavy atom. The maximum atomic E-state index is 14.6. The number of nitrogens with zero attached hydrogens (tertiary/aromatic N) is 2. The molecule has 3 atom stereocenters. The highest BCUT2D eigenvalue weighted by atomic mass is 16.5. The van der Waals surface area contributed by atoms with E-state index in [2.05, 4.69) is 10.6 Å². The second-order valence-electron chi connectivity index (χ2n) is 13.3. The van der Waals surface area contributed by atoms with E-state index >= 15 is 0 Å². The van der Waals surface area contributed by atoms with Crippen LogP contribution in [0.25, 0.3) is 0 Å². The highest BCUT2D eigenvalue weighted by Crippen LogP contribution is 2.48. The third-order valence-electron chi connectivity index (χ3n) is 9.65. The Hall–Kier alpha value is -4.73. The molecule has 0 bridgehead atoms. The summed E-state index contributed by atoms with van der Waals surface area (Å²) in [7, 11) is 1.61. The number of rotatable bonds is 10. The van der Waals surface area contributed by atoms with Gasteiger partial charge in [-0.1, -0.05) is 68.4 Å². The topological polar surface area (TPSA) is 127 Å². The lowest BCUT2D eigenvalue weighted by atomic mass is 9.62. The highest BCUT2D eigenvalue weighted by molar-refractivity contribution is 5.97. The summed E-state index contributed by atoms with van der Waals surface area (Å²) in [4.78, 5) is 68.8. The van der Waals surface area contributed by atoms with Gasteiger partial charge in [0.15, 0.2) is 0 Å². The molecular weight excluding hydrogens is 608 g/mol. The molecule has 2 N–H and O–H groups in total. The van der Waals surface area contributed by atoms with E-state index in [0.29, 0.717) is 45.2 Å². The van der Waals surface area contributed by atoms with E-state index in [-0.39, 0.29) is 41.5 Å². The Balaban J connectivity index is 1.37. The van der Waals surface area contributed by atoms with Gasteiger partial charge in [-0.2, -0.15) is 0 Å². The number of carbonyl (C=O) groups excluding carboxylic acids is 4. The fourth-order valence-electron chi connectivity index (χ4n) is 7.19. The number of nitrogens with one attached hydrogen (secondary N) is 2. The number of hydrogen-bond donors (Lipinski definition) is 2. The van der Waals surface area contributed by atoms with E-state index < -0.39 is 29.3 Å². The quantitative estimate of drug-likeness (QED) is 0.318. The van der Waals surface area contributed by atoms with Gasteiger partial charge in [-0.25, -0.2) is 4.79 Å². The molecule has 10 heteroatoms. The SMILES string of the molecule is CCOC(=O)[C@H](CC(C)C)NC(=O)[C@@]1(c2ccccc2)CC[C@H](C(=O)N2CCC(NC(=O)c3cccn(C)c3=O)CC2)c2ccccc21. The molecule has 2 aliphatic rings. The number of amides is 3. The average molecular weight is 655 g/mol. The number of aryl methyl sites for hydroxylation is 1. The van der Waals surface area contributed by atoms with Crippen molar-refractivity contribution in [1.29, 1.82) is 0 Å². The first-order valence-corrected chi connectivity index (χ1v) is 16.9. The molecule has 3 amide bonds. The molecule has 0 unspecified atom stereocenters. The first-order valence-electron chi connectivity index (χ1n) is 16.9. The lowest BCUT2D eigenvalue weighted by Gasteiger charge is -2.43. The Labute approximate surface area is 281 Å². The fraction of sp³-hybridized carbons (Fsp3) is 0.447. The van der Waals surface area contributed by atoms with Crippen molar-refractivity contribution in [3.63, 3.8) is 0 Å². The average Bonchev–Trinajstić information content (AvgIpc) is 3.09. The third kappa shape index (κ3) is 7.07. The number of hydrogen-bond acceptors (Lipinski definition) is 6. The Kier molecular flexibility index (Phi) is 10.8.